The Balaban J connectivity index is 2.25. The summed E-state index contributed by atoms with van der Waals surface area (Å²) >= 11 is 6.33. The first-order valence-electron chi connectivity index (χ1n) is 6.04. The maximum Gasteiger partial charge on any atom is 0.285 e. The van der Waals surface area contributed by atoms with Crippen LogP contribution in [0.15, 0.2) is 45.3 Å². The molecule has 0 saturated heterocycles. The number of rotatable bonds is 4. The van der Waals surface area contributed by atoms with Gasteiger partial charge in [0.25, 0.3) is 5.69 Å². The molecule has 2 aromatic rings. The van der Waals surface area contributed by atoms with E-state index >= 15 is 0 Å². The third kappa shape index (κ3) is 3.79. The maximum atomic E-state index is 13.9. The fourth-order valence-corrected chi connectivity index (χ4v) is 2.65. The summed E-state index contributed by atoms with van der Waals surface area (Å²) < 4.78 is 15.0. The van der Waals surface area contributed by atoms with Crippen LogP contribution in [-0.4, -0.2) is 4.92 Å². The monoisotopic (exact) mass is 416 g/mol. The average molecular weight is 418 g/mol. The molecule has 21 heavy (non-hydrogen) atoms. The smallest absolute Gasteiger partial charge is 0.285 e. The predicted molar refractivity (Wildman–Crippen MR) is 86.9 cm³/mol. The van der Waals surface area contributed by atoms with Gasteiger partial charge in [0.05, 0.1) is 15.4 Å². The van der Waals surface area contributed by atoms with Gasteiger partial charge in [-0.1, -0.05) is 22.0 Å². The van der Waals surface area contributed by atoms with Gasteiger partial charge in [-0.25, -0.2) is 4.39 Å². The van der Waals surface area contributed by atoms with E-state index in [1.807, 2.05) is 0 Å². The maximum absolute atomic E-state index is 13.9. The van der Waals surface area contributed by atoms with Crippen molar-refractivity contribution in [3.8, 4) is 0 Å². The number of nitrogens with zero attached hydrogens (tertiary/aromatic N) is 1. The van der Waals surface area contributed by atoms with Gasteiger partial charge in [-0.2, -0.15) is 0 Å². The third-order valence-corrected chi connectivity index (χ3v) is 4.12. The summed E-state index contributed by atoms with van der Waals surface area (Å²) in [4.78, 5) is 10.4. The van der Waals surface area contributed by atoms with Crippen molar-refractivity contribution in [1.82, 2.24) is 0 Å². The molecule has 0 spiro atoms. The Kier molecular flexibility index (Phi) is 4.95. The number of nitrogens with one attached hydrogen (secondary N) is 1. The lowest BCUT2D eigenvalue weighted by atomic mass is 10.1. The van der Waals surface area contributed by atoms with Crippen LogP contribution in [0.4, 0.5) is 15.8 Å². The van der Waals surface area contributed by atoms with Crippen LogP contribution in [0.1, 0.15) is 18.5 Å². The normalized spacial score (nSPS) is 12.0. The van der Waals surface area contributed by atoms with Crippen molar-refractivity contribution in [1.29, 1.82) is 0 Å². The average Bonchev–Trinajstić information content (AvgIpc) is 2.40. The van der Waals surface area contributed by atoms with E-state index in [9.17, 15) is 14.5 Å². The molecule has 2 rings (SSSR count). The van der Waals surface area contributed by atoms with E-state index in [0.29, 0.717) is 20.2 Å². The molecule has 0 aliphatic rings. The van der Waals surface area contributed by atoms with Crippen LogP contribution in [0.2, 0.25) is 0 Å². The number of halogens is 3. The zero-order chi connectivity index (χ0) is 15.6. The second-order valence-electron chi connectivity index (χ2n) is 4.46. The van der Waals surface area contributed by atoms with Crippen molar-refractivity contribution in [3.63, 3.8) is 0 Å². The SMILES string of the molecule is CC(Nc1ccc(Br)c([N+](=O)[O-])c1)c1ccc(Br)cc1F. The Hall–Kier alpha value is -1.47. The minimum atomic E-state index is -0.472. The molecule has 0 saturated carbocycles. The Bertz CT molecular complexity index is 695. The lowest BCUT2D eigenvalue weighted by Crippen LogP contribution is -2.08. The summed E-state index contributed by atoms with van der Waals surface area (Å²) in [5.74, 6) is -0.337. The van der Waals surface area contributed by atoms with Crippen LogP contribution in [0.3, 0.4) is 0 Å². The number of hydrogen-bond acceptors (Lipinski definition) is 3. The van der Waals surface area contributed by atoms with Crippen LogP contribution < -0.4 is 5.32 Å². The Morgan fingerprint density at radius 3 is 2.57 bits per heavy atom. The van der Waals surface area contributed by atoms with Crippen molar-refractivity contribution < 1.29 is 9.31 Å². The van der Waals surface area contributed by atoms with E-state index in [-0.39, 0.29) is 17.5 Å². The zero-order valence-corrected chi connectivity index (χ0v) is 14.1. The van der Waals surface area contributed by atoms with Gasteiger partial charge in [0.2, 0.25) is 0 Å². The standard InChI is InChI=1S/C14H11Br2FN2O2/c1-8(11-4-2-9(15)6-13(11)17)18-10-3-5-12(16)14(7-10)19(20)21/h2-8,18H,1H3. The van der Waals surface area contributed by atoms with E-state index in [1.54, 1.807) is 31.2 Å². The molecule has 0 heterocycles. The van der Waals surface area contributed by atoms with E-state index < -0.39 is 4.92 Å². The van der Waals surface area contributed by atoms with Crippen LogP contribution in [0.25, 0.3) is 0 Å². The topological polar surface area (TPSA) is 55.2 Å². The summed E-state index contributed by atoms with van der Waals surface area (Å²) in [5, 5.41) is 14.0. The highest BCUT2D eigenvalue weighted by Gasteiger charge is 2.15. The molecular weight excluding hydrogens is 407 g/mol. The molecule has 0 amide bonds. The molecule has 0 fully saturated rings. The van der Waals surface area contributed by atoms with E-state index in [1.165, 1.54) is 12.1 Å². The van der Waals surface area contributed by atoms with Crippen molar-refractivity contribution in [2.75, 3.05) is 5.32 Å². The lowest BCUT2D eigenvalue weighted by Gasteiger charge is -2.16. The predicted octanol–water partition coefficient (Wildman–Crippen LogP) is 5.43. The molecule has 1 unspecified atom stereocenters. The summed E-state index contributed by atoms with van der Waals surface area (Å²) in [6.45, 7) is 1.79. The molecule has 7 heteroatoms. The quantitative estimate of drug-likeness (QED) is 0.532. The van der Waals surface area contributed by atoms with Gasteiger partial charge in [0.15, 0.2) is 0 Å². The Labute approximate surface area is 137 Å². The van der Waals surface area contributed by atoms with Gasteiger partial charge in [0.1, 0.15) is 5.82 Å². The minimum absolute atomic E-state index is 0.0384. The van der Waals surface area contributed by atoms with Gasteiger partial charge >= 0.3 is 0 Å². The highest BCUT2D eigenvalue weighted by molar-refractivity contribution is 9.10. The summed E-state index contributed by atoms with van der Waals surface area (Å²) in [5.41, 5.74) is 1.01. The summed E-state index contributed by atoms with van der Waals surface area (Å²) in [7, 11) is 0. The zero-order valence-electron chi connectivity index (χ0n) is 10.9. The second kappa shape index (κ2) is 6.53. The highest BCUT2D eigenvalue weighted by atomic mass is 79.9. The number of nitro groups is 1. The number of hydrogen-bond donors (Lipinski definition) is 1. The molecule has 4 nitrogen and oxygen atoms in total. The summed E-state index contributed by atoms with van der Waals surface area (Å²) in [6, 6.07) is 9.19. The molecule has 0 bridgehead atoms. The van der Waals surface area contributed by atoms with E-state index in [4.69, 9.17) is 0 Å². The van der Waals surface area contributed by atoms with Gasteiger partial charge in [-0.3, -0.25) is 10.1 Å². The number of anilines is 1. The highest BCUT2D eigenvalue weighted by Crippen LogP contribution is 2.30. The molecule has 0 aromatic heterocycles. The molecule has 1 atom stereocenters. The van der Waals surface area contributed by atoms with Crippen LogP contribution in [0, 0.1) is 15.9 Å². The first-order valence-corrected chi connectivity index (χ1v) is 7.62. The lowest BCUT2D eigenvalue weighted by molar-refractivity contribution is -0.385. The second-order valence-corrected chi connectivity index (χ2v) is 6.23. The molecule has 1 N–H and O–H groups in total. The summed E-state index contributed by atoms with van der Waals surface area (Å²) in [6.07, 6.45) is 0. The van der Waals surface area contributed by atoms with Crippen molar-refractivity contribution in [2.24, 2.45) is 0 Å². The molecule has 2 aromatic carbocycles. The van der Waals surface area contributed by atoms with Crippen LogP contribution >= 0.6 is 31.9 Å². The van der Waals surface area contributed by atoms with Crippen LogP contribution in [0.5, 0.6) is 0 Å². The number of nitro benzene ring substituents is 1. The first-order chi connectivity index (χ1) is 9.88. The van der Waals surface area contributed by atoms with Crippen molar-refractivity contribution in [3.05, 3.63) is 66.8 Å². The molecule has 0 radical (unpaired) electrons. The fourth-order valence-electron chi connectivity index (χ4n) is 1.92. The minimum Gasteiger partial charge on any atom is -0.378 e. The fraction of sp³-hybridized carbons (Fsp3) is 0.143. The Morgan fingerprint density at radius 2 is 1.95 bits per heavy atom. The van der Waals surface area contributed by atoms with Gasteiger partial charge in [-0.05, 0) is 47.1 Å². The first kappa shape index (κ1) is 15.9. The van der Waals surface area contributed by atoms with Crippen molar-refractivity contribution in [2.45, 2.75) is 13.0 Å². The van der Waals surface area contributed by atoms with Gasteiger partial charge in [0, 0.05) is 21.8 Å². The van der Waals surface area contributed by atoms with Crippen LogP contribution in [-0.2, 0) is 0 Å². The third-order valence-electron chi connectivity index (χ3n) is 2.96. The largest absolute Gasteiger partial charge is 0.378 e. The number of benzene rings is 2. The van der Waals surface area contributed by atoms with E-state index in [2.05, 4.69) is 37.2 Å². The molecule has 0 aliphatic carbocycles. The van der Waals surface area contributed by atoms with Crippen molar-refractivity contribution >= 4 is 43.2 Å². The van der Waals surface area contributed by atoms with E-state index in [0.717, 1.165) is 0 Å². The van der Waals surface area contributed by atoms with Gasteiger partial charge in [-0.15, -0.1) is 0 Å². The molecule has 110 valence electrons. The molecule has 0 aliphatic heterocycles. The molecular formula is C14H11Br2FN2O2. The van der Waals surface area contributed by atoms with Gasteiger partial charge < -0.3 is 5.32 Å². The Morgan fingerprint density at radius 1 is 1.24 bits per heavy atom.